The van der Waals surface area contributed by atoms with Crippen LogP contribution in [-0.4, -0.2) is 5.71 Å². The van der Waals surface area contributed by atoms with Crippen LogP contribution in [0.5, 0.6) is 0 Å². The van der Waals surface area contributed by atoms with Crippen molar-refractivity contribution in [3.05, 3.63) is 84.1 Å². The molecule has 2 aromatic carbocycles. The van der Waals surface area contributed by atoms with Crippen molar-refractivity contribution >= 4 is 5.71 Å². The monoisotopic (exact) mass is 221 g/mol. The Hall–Kier alpha value is -2.15. The molecule has 0 atom stereocenters. The highest BCUT2D eigenvalue weighted by Gasteiger charge is 2.05. The molecule has 1 heteroatoms. The fraction of sp³-hybridized carbons (Fsp3) is 0.0625. The van der Waals surface area contributed by atoms with Gasteiger partial charge in [-0.2, -0.15) is 0 Å². The van der Waals surface area contributed by atoms with Gasteiger partial charge in [0.2, 0.25) is 0 Å². The molecule has 2 aromatic rings. The molecule has 0 amide bonds. The molecule has 0 N–H and O–H groups in total. The van der Waals surface area contributed by atoms with Gasteiger partial charge in [-0.05, 0) is 6.92 Å². The van der Waals surface area contributed by atoms with Crippen LogP contribution in [0.4, 0.5) is 0 Å². The third-order valence-corrected chi connectivity index (χ3v) is 2.40. The maximum absolute atomic E-state index is 4.54. The van der Waals surface area contributed by atoms with E-state index in [0.29, 0.717) is 0 Å². The first-order valence-corrected chi connectivity index (χ1v) is 5.62. The second kappa shape index (κ2) is 5.26. The molecular weight excluding hydrogens is 206 g/mol. The number of nitrogens with zero attached hydrogens (tertiary/aromatic N) is 1. The van der Waals surface area contributed by atoms with E-state index in [4.69, 9.17) is 0 Å². The Bertz CT molecular complexity index is 482. The van der Waals surface area contributed by atoms with Gasteiger partial charge in [0.05, 0.1) is 5.71 Å². The predicted molar refractivity (Wildman–Crippen MR) is 73.3 cm³/mol. The first kappa shape index (κ1) is 11.3. The van der Waals surface area contributed by atoms with Crippen molar-refractivity contribution in [2.45, 2.75) is 6.92 Å². The summed E-state index contributed by atoms with van der Waals surface area (Å²) in [4.78, 5) is 4.54. The van der Waals surface area contributed by atoms with E-state index in [9.17, 15) is 0 Å². The Balaban J connectivity index is 2.51. The van der Waals surface area contributed by atoms with Crippen LogP contribution in [0.2, 0.25) is 0 Å². The normalized spacial score (nSPS) is 9.71. The smallest absolute Gasteiger partial charge is 0.0777 e. The third kappa shape index (κ3) is 2.91. The summed E-state index contributed by atoms with van der Waals surface area (Å²) in [6, 6.07) is 20.4. The Labute approximate surface area is 102 Å². The minimum absolute atomic E-state index is 0.813. The minimum Gasteiger partial charge on any atom is -0.253 e. The lowest BCUT2D eigenvalue weighted by atomic mass is 10.0. The molecule has 17 heavy (non-hydrogen) atoms. The van der Waals surface area contributed by atoms with E-state index in [1.807, 2.05) is 43.3 Å². The summed E-state index contributed by atoms with van der Waals surface area (Å²) < 4.78 is 0. The molecule has 0 unspecified atom stereocenters. The van der Waals surface area contributed by atoms with Crippen LogP contribution in [0, 0.1) is 0 Å². The SMILES string of the molecule is C=C(C)N=C(c1ccccc1)c1ccccc1. The molecular formula is C16H15N. The van der Waals surface area contributed by atoms with Crippen molar-refractivity contribution < 1.29 is 0 Å². The van der Waals surface area contributed by atoms with Crippen LogP contribution >= 0.6 is 0 Å². The van der Waals surface area contributed by atoms with Gasteiger partial charge in [0, 0.05) is 16.8 Å². The molecule has 0 bridgehead atoms. The Morgan fingerprint density at radius 2 is 1.24 bits per heavy atom. The molecule has 0 aliphatic heterocycles. The fourth-order valence-electron chi connectivity index (χ4n) is 1.68. The zero-order chi connectivity index (χ0) is 12.1. The summed E-state index contributed by atoms with van der Waals surface area (Å²) in [5.41, 5.74) is 4.01. The van der Waals surface area contributed by atoms with E-state index < -0.39 is 0 Å². The van der Waals surface area contributed by atoms with Crippen molar-refractivity contribution in [3.8, 4) is 0 Å². The Morgan fingerprint density at radius 3 is 1.59 bits per heavy atom. The fourth-order valence-corrected chi connectivity index (χ4v) is 1.68. The van der Waals surface area contributed by atoms with Crippen LogP contribution in [0.3, 0.4) is 0 Å². The van der Waals surface area contributed by atoms with Crippen molar-refractivity contribution in [1.82, 2.24) is 0 Å². The lowest BCUT2D eigenvalue weighted by molar-refractivity contribution is 1.32. The molecule has 0 fully saturated rings. The highest BCUT2D eigenvalue weighted by atomic mass is 14.7. The Kier molecular flexibility index (Phi) is 3.51. The predicted octanol–water partition coefficient (Wildman–Crippen LogP) is 4.06. The Morgan fingerprint density at radius 1 is 0.824 bits per heavy atom. The average Bonchev–Trinajstić information content (AvgIpc) is 2.38. The zero-order valence-corrected chi connectivity index (χ0v) is 9.93. The van der Waals surface area contributed by atoms with Crippen LogP contribution in [0.1, 0.15) is 18.1 Å². The number of benzene rings is 2. The molecule has 0 aliphatic carbocycles. The van der Waals surface area contributed by atoms with Gasteiger partial charge >= 0.3 is 0 Å². The molecule has 2 rings (SSSR count). The van der Waals surface area contributed by atoms with E-state index in [1.54, 1.807) is 0 Å². The summed E-state index contributed by atoms with van der Waals surface area (Å²) in [7, 11) is 0. The lowest BCUT2D eigenvalue weighted by Gasteiger charge is -2.07. The van der Waals surface area contributed by atoms with Crippen LogP contribution in [0.15, 0.2) is 77.9 Å². The summed E-state index contributed by atoms with van der Waals surface area (Å²) in [6.45, 7) is 5.77. The van der Waals surface area contributed by atoms with Crippen molar-refractivity contribution in [1.29, 1.82) is 0 Å². The summed E-state index contributed by atoms with van der Waals surface area (Å²) in [6.07, 6.45) is 0. The number of hydrogen-bond acceptors (Lipinski definition) is 1. The van der Waals surface area contributed by atoms with Crippen molar-refractivity contribution in [3.63, 3.8) is 0 Å². The molecule has 0 spiro atoms. The molecule has 0 saturated carbocycles. The van der Waals surface area contributed by atoms with Crippen molar-refractivity contribution in [2.24, 2.45) is 4.99 Å². The number of allylic oxidation sites excluding steroid dienone is 1. The first-order valence-electron chi connectivity index (χ1n) is 5.62. The van der Waals surface area contributed by atoms with Gasteiger partial charge in [0.15, 0.2) is 0 Å². The molecule has 84 valence electrons. The van der Waals surface area contributed by atoms with Crippen LogP contribution in [0.25, 0.3) is 0 Å². The zero-order valence-electron chi connectivity index (χ0n) is 9.93. The quantitative estimate of drug-likeness (QED) is 0.693. The minimum atomic E-state index is 0.813. The van der Waals surface area contributed by atoms with E-state index in [0.717, 1.165) is 22.5 Å². The van der Waals surface area contributed by atoms with Crippen LogP contribution in [-0.2, 0) is 0 Å². The third-order valence-electron chi connectivity index (χ3n) is 2.40. The second-order valence-electron chi connectivity index (χ2n) is 3.93. The largest absolute Gasteiger partial charge is 0.253 e. The lowest BCUT2D eigenvalue weighted by Crippen LogP contribution is -2.03. The molecule has 0 heterocycles. The summed E-state index contributed by atoms with van der Waals surface area (Å²) >= 11 is 0. The molecule has 1 nitrogen and oxygen atoms in total. The standard InChI is InChI=1S/C16H15N/c1-13(2)17-16(14-9-5-3-6-10-14)15-11-7-4-8-12-15/h3-12H,1H2,2H3. The van der Waals surface area contributed by atoms with Crippen LogP contribution < -0.4 is 0 Å². The van der Waals surface area contributed by atoms with Gasteiger partial charge in [-0.15, -0.1) is 0 Å². The number of hydrogen-bond donors (Lipinski definition) is 0. The molecule has 0 aromatic heterocycles. The molecule has 0 radical (unpaired) electrons. The van der Waals surface area contributed by atoms with Gasteiger partial charge in [0.25, 0.3) is 0 Å². The van der Waals surface area contributed by atoms with Gasteiger partial charge in [-0.25, -0.2) is 0 Å². The summed E-state index contributed by atoms with van der Waals surface area (Å²) in [5, 5.41) is 0. The summed E-state index contributed by atoms with van der Waals surface area (Å²) in [5.74, 6) is 0. The van der Waals surface area contributed by atoms with Gasteiger partial charge in [-0.3, -0.25) is 4.99 Å². The maximum Gasteiger partial charge on any atom is 0.0777 e. The molecule has 0 saturated heterocycles. The van der Waals surface area contributed by atoms with E-state index >= 15 is 0 Å². The maximum atomic E-state index is 4.54. The first-order chi connectivity index (χ1) is 8.27. The van der Waals surface area contributed by atoms with Gasteiger partial charge < -0.3 is 0 Å². The van der Waals surface area contributed by atoms with E-state index in [2.05, 4.69) is 35.8 Å². The molecule has 0 aliphatic rings. The van der Waals surface area contributed by atoms with E-state index in [-0.39, 0.29) is 0 Å². The highest BCUT2D eigenvalue weighted by molar-refractivity contribution is 6.13. The van der Waals surface area contributed by atoms with E-state index in [1.165, 1.54) is 0 Å². The topological polar surface area (TPSA) is 12.4 Å². The van der Waals surface area contributed by atoms with Gasteiger partial charge in [-0.1, -0.05) is 67.2 Å². The highest BCUT2D eigenvalue weighted by Crippen LogP contribution is 2.12. The number of rotatable bonds is 3. The second-order valence-corrected chi connectivity index (χ2v) is 3.93. The average molecular weight is 221 g/mol. The number of aliphatic imine (C=N–C) groups is 1. The van der Waals surface area contributed by atoms with Gasteiger partial charge in [0.1, 0.15) is 0 Å². The van der Waals surface area contributed by atoms with Crippen molar-refractivity contribution in [2.75, 3.05) is 0 Å².